The van der Waals surface area contributed by atoms with E-state index in [1.165, 1.54) is 0 Å². The first-order chi connectivity index (χ1) is 10.0. The molecule has 1 amide bonds. The Morgan fingerprint density at radius 1 is 1.62 bits per heavy atom. The molecule has 7 nitrogen and oxygen atoms in total. The van der Waals surface area contributed by atoms with Crippen molar-refractivity contribution in [3.8, 4) is 0 Å². The lowest BCUT2D eigenvalue weighted by molar-refractivity contribution is -0.145. The zero-order chi connectivity index (χ0) is 15.4. The highest BCUT2D eigenvalue weighted by Gasteiger charge is 2.36. The highest BCUT2D eigenvalue weighted by molar-refractivity contribution is 5.85. The van der Waals surface area contributed by atoms with Crippen molar-refractivity contribution in [2.75, 3.05) is 6.61 Å². The van der Waals surface area contributed by atoms with Gasteiger partial charge in [-0.05, 0) is 25.3 Å². The highest BCUT2D eigenvalue weighted by atomic mass is 16.5. The molecule has 0 aromatic carbocycles. The SMILES string of the molecule is CC[C@@H](NC(=O)[C@@H]1CCCO[C@H]1c1ccnn1C)C(=O)O. The van der Waals surface area contributed by atoms with Crippen molar-refractivity contribution in [2.24, 2.45) is 13.0 Å². The predicted molar refractivity (Wildman–Crippen MR) is 74.5 cm³/mol. The molecule has 1 aromatic heterocycles. The third kappa shape index (κ3) is 3.41. The van der Waals surface area contributed by atoms with Crippen LogP contribution in [0.1, 0.15) is 38.0 Å². The maximum atomic E-state index is 12.4. The summed E-state index contributed by atoms with van der Waals surface area (Å²) in [7, 11) is 1.80. The molecular weight excluding hydrogens is 274 g/mol. The summed E-state index contributed by atoms with van der Waals surface area (Å²) in [6.07, 6.45) is 3.10. The summed E-state index contributed by atoms with van der Waals surface area (Å²) >= 11 is 0. The van der Waals surface area contributed by atoms with Crippen LogP contribution in [0.15, 0.2) is 12.3 Å². The zero-order valence-electron chi connectivity index (χ0n) is 12.3. The number of hydrogen-bond donors (Lipinski definition) is 2. The van der Waals surface area contributed by atoms with Crippen LogP contribution in [-0.4, -0.2) is 39.4 Å². The average molecular weight is 295 g/mol. The van der Waals surface area contributed by atoms with Gasteiger partial charge in [-0.2, -0.15) is 5.10 Å². The van der Waals surface area contributed by atoms with E-state index in [-0.39, 0.29) is 17.9 Å². The summed E-state index contributed by atoms with van der Waals surface area (Å²) in [5.41, 5.74) is 0.832. The van der Waals surface area contributed by atoms with E-state index < -0.39 is 12.0 Å². The molecule has 2 N–H and O–H groups in total. The fourth-order valence-electron chi connectivity index (χ4n) is 2.62. The lowest BCUT2D eigenvalue weighted by Crippen LogP contribution is -2.46. The van der Waals surface area contributed by atoms with E-state index in [1.54, 1.807) is 24.9 Å². The monoisotopic (exact) mass is 295 g/mol. The number of ether oxygens (including phenoxy) is 1. The average Bonchev–Trinajstić information content (AvgIpc) is 2.90. The third-order valence-electron chi connectivity index (χ3n) is 3.83. The standard InChI is InChI=1S/C14H21N3O4/c1-3-10(14(19)20)16-13(18)9-5-4-8-21-12(9)11-6-7-15-17(11)2/h6-7,9-10,12H,3-5,8H2,1-2H3,(H,16,18)(H,19,20)/t9-,10-,12-/m1/s1. The number of rotatable bonds is 5. The van der Waals surface area contributed by atoms with Crippen molar-refractivity contribution >= 4 is 11.9 Å². The predicted octanol–water partition coefficient (Wildman–Crippen LogP) is 0.867. The molecule has 0 saturated carbocycles. The summed E-state index contributed by atoms with van der Waals surface area (Å²) in [5, 5.41) is 15.8. The van der Waals surface area contributed by atoms with E-state index >= 15 is 0 Å². The molecule has 2 rings (SSSR count). The topological polar surface area (TPSA) is 93.5 Å². The molecule has 0 radical (unpaired) electrons. The normalized spacial score (nSPS) is 23.5. The Labute approximate surface area is 123 Å². The maximum absolute atomic E-state index is 12.4. The minimum Gasteiger partial charge on any atom is -0.480 e. The molecule has 2 heterocycles. The van der Waals surface area contributed by atoms with Crippen LogP contribution < -0.4 is 5.32 Å². The lowest BCUT2D eigenvalue weighted by Gasteiger charge is -2.31. The minimum atomic E-state index is -1.01. The number of carbonyl (C=O) groups is 2. The fourth-order valence-corrected chi connectivity index (χ4v) is 2.62. The van der Waals surface area contributed by atoms with Gasteiger partial charge in [-0.1, -0.05) is 6.92 Å². The maximum Gasteiger partial charge on any atom is 0.326 e. The van der Waals surface area contributed by atoms with Gasteiger partial charge in [-0.25, -0.2) is 4.79 Å². The second-order valence-electron chi connectivity index (χ2n) is 5.23. The van der Waals surface area contributed by atoms with Gasteiger partial charge in [0.1, 0.15) is 12.1 Å². The Balaban J connectivity index is 2.13. The molecule has 1 saturated heterocycles. The van der Waals surface area contributed by atoms with Crippen molar-refractivity contribution in [1.82, 2.24) is 15.1 Å². The summed E-state index contributed by atoms with van der Waals surface area (Å²) in [5.74, 6) is -1.67. The highest BCUT2D eigenvalue weighted by Crippen LogP contribution is 2.33. The number of amides is 1. The summed E-state index contributed by atoms with van der Waals surface area (Å²) in [4.78, 5) is 23.5. The van der Waals surface area contributed by atoms with Crippen LogP contribution in [-0.2, 0) is 21.4 Å². The number of nitrogens with one attached hydrogen (secondary N) is 1. The van der Waals surface area contributed by atoms with Crippen molar-refractivity contribution in [2.45, 2.75) is 38.3 Å². The smallest absolute Gasteiger partial charge is 0.326 e. The van der Waals surface area contributed by atoms with E-state index in [2.05, 4.69) is 10.4 Å². The Morgan fingerprint density at radius 2 is 2.38 bits per heavy atom. The number of aryl methyl sites for hydroxylation is 1. The number of nitrogens with zero attached hydrogens (tertiary/aromatic N) is 2. The molecule has 7 heteroatoms. The van der Waals surface area contributed by atoms with E-state index in [0.717, 1.165) is 12.1 Å². The first-order valence-corrected chi connectivity index (χ1v) is 7.17. The number of aliphatic carboxylic acids is 1. The van der Waals surface area contributed by atoms with Gasteiger partial charge in [0.15, 0.2) is 0 Å². The molecule has 0 bridgehead atoms. The number of hydrogen-bond acceptors (Lipinski definition) is 4. The fraction of sp³-hybridized carbons (Fsp3) is 0.643. The van der Waals surface area contributed by atoms with Crippen LogP contribution in [0.4, 0.5) is 0 Å². The van der Waals surface area contributed by atoms with E-state index in [0.29, 0.717) is 19.4 Å². The summed E-state index contributed by atoms with van der Waals surface area (Å²) in [6.45, 7) is 2.32. The Kier molecular flexibility index (Phi) is 4.95. The van der Waals surface area contributed by atoms with Crippen LogP contribution in [0.2, 0.25) is 0 Å². The molecular formula is C14H21N3O4. The van der Waals surface area contributed by atoms with Crippen LogP contribution in [0.5, 0.6) is 0 Å². The minimum absolute atomic E-state index is 0.268. The van der Waals surface area contributed by atoms with Crippen molar-refractivity contribution in [3.63, 3.8) is 0 Å². The van der Waals surface area contributed by atoms with Crippen molar-refractivity contribution in [3.05, 3.63) is 18.0 Å². The van der Waals surface area contributed by atoms with Crippen LogP contribution >= 0.6 is 0 Å². The van der Waals surface area contributed by atoms with E-state index in [1.807, 2.05) is 6.07 Å². The Morgan fingerprint density at radius 3 is 2.95 bits per heavy atom. The van der Waals surface area contributed by atoms with Crippen LogP contribution in [0.3, 0.4) is 0 Å². The summed E-state index contributed by atoms with van der Waals surface area (Å²) < 4.78 is 7.43. The van der Waals surface area contributed by atoms with Crippen molar-refractivity contribution < 1.29 is 19.4 Å². The molecule has 1 fully saturated rings. The molecule has 1 aromatic rings. The Bertz CT molecular complexity index is 514. The van der Waals surface area contributed by atoms with Crippen LogP contribution in [0, 0.1) is 5.92 Å². The molecule has 116 valence electrons. The van der Waals surface area contributed by atoms with Gasteiger partial charge in [0, 0.05) is 19.9 Å². The van der Waals surface area contributed by atoms with Gasteiger partial charge in [0.25, 0.3) is 0 Å². The van der Waals surface area contributed by atoms with Gasteiger partial charge in [-0.3, -0.25) is 9.48 Å². The zero-order valence-corrected chi connectivity index (χ0v) is 12.3. The molecule has 1 aliphatic rings. The largest absolute Gasteiger partial charge is 0.480 e. The molecule has 21 heavy (non-hydrogen) atoms. The van der Waals surface area contributed by atoms with Crippen molar-refractivity contribution in [1.29, 1.82) is 0 Å². The van der Waals surface area contributed by atoms with E-state index in [9.17, 15) is 9.59 Å². The first kappa shape index (κ1) is 15.5. The number of carboxylic acid groups (broad SMARTS) is 1. The van der Waals surface area contributed by atoms with Gasteiger partial charge in [-0.15, -0.1) is 0 Å². The van der Waals surface area contributed by atoms with Gasteiger partial charge >= 0.3 is 5.97 Å². The van der Waals surface area contributed by atoms with Gasteiger partial charge in [0.2, 0.25) is 5.91 Å². The number of carbonyl (C=O) groups excluding carboxylic acids is 1. The Hall–Kier alpha value is -1.89. The number of carboxylic acids is 1. The second kappa shape index (κ2) is 6.71. The molecule has 0 spiro atoms. The molecule has 3 atom stereocenters. The van der Waals surface area contributed by atoms with Crippen LogP contribution in [0.25, 0.3) is 0 Å². The summed E-state index contributed by atoms with van der Waals surface area (Å²) in [6, 6.07) is 0.969. The van der Waals surface area contributed by atoms with E-state index in [4.69, 9.17) is 9.84 Å². The van der Waals surface area contributed by atoms with Gasteiger partial charge < -0.3 is 15.2 Å². The first-order valence-electron chi connectivity index (χ1n) is 7.17. The lowest BCUT2D eigenvalue weighted by atomic mass is 9.91. The quantitative estimate of drug-likeness (QED) is 0.840. The molecule has 0 unspecified atom stereocenters. The second-order valence-corrected chi connectivity index (χ2v) is 5.23. The third-order valence-corrected chi connectivity index (χ3v) is 3.83. The number of aromatic nitrogens is 2. The van der Waals surface area contributed by atoms with Gasteiger partial charge in [0.05, 0.1) is 11.6 Å². The molecule has 0 aliphatic carbocycles. The molecule has 1 aliphatic heterocycles.